The second-order valence-electron chi connectivity index (χ2n) is 3.86. The molecule has 0 aliphatic carbocycles. The molecule has 2 rings (SSSR count). The first kappa shape index (κ1) is 10.2. The van der Waals surface area contributed by atoms with E-state index in [0.29, 0.717) is 0 Å². The maximum Gasteiger partial charge on any atom is 0.0808 e. The molecule has 2 heteroatoms. The highest BCUT2D eigenvalue weighted by molar-refractivity contribution is 5.86. The van der Waals surface area contributed by atoms with Crippen molar-refractivity contribution in [1.29, 1.82) is 0 Å². The monoisotopic (exact) mass is 203 g/mol. The molecule has 0 saturated heterocycles. The van der Waals surface area contributed by atoms with E-state index in [0.717, 1.165) is 23.8 Å². The second-order valence-corrected chi connectivity index (χ2v) is 3.86. The van der Waals surface area contributed by atoms with E-state index in [9.17, 15) is 5.11 Å². The molecule has 1 aromatic heterocycles. The lowest BCUT2D eigenvalue weighted by molar-refractivity contribution is 0.175. The normalized spacial score (nSPS) is 13.3. The highest BCUT2D eigenvalue weighted by atomic mass is 16.3. The largest absolute Gasteiger partial charge is 0.388 e. The average Bonchev–Trinajstić information content (AvgIpc) is 2.71. The van der Waals surface area contributed by atoms with E-state index < -0.39 is 0 Å². The van der Waals surface area contributed by atoms with Crippen LogP contribution in [0.15, 0.2) is 24.4 Å². The van der Waals surface area contributed by atoms with Crippen LogP contribution >= 0.6 is 0 Å². The first-order valence-corrected chi connectivity index (χ1v) is 5.54. The lowest BCUT2D eigenvalue weighted by Crippen LogP contribution is -1.93. The number of aromatic amines is 1. The van der Waals surface area contributed by atoms with Crippen LogP contribution in [0.1, 0.15) is 37.5 Å². The Balaban J connectivity index is 2.60. The standard InChI is InChI=1S/C13H17NO/c1-3-9-6-5-7-10-11(12(15)4-2)8-14-13(9)10/h5-8,12,14-15H,3-4H2,1-2H3/t12-/m0/s1. The smallest absolute Gasteiger partial charge is 0.0808 e. The number of aliphatic hydroxyl groups excluding tert-OH is 1. The van der Waals surface area contributed by atoms with Gasteiger partial charge in [-0.1, -0.05) is 32.0 Å². The third-order valence-electron chi connectivity index (χ3n) is 2.96. The van der Waals surface area contributed by atoms with Gasteiger partial charge in [0.15, 0.2) is 0 Å². The van der Waals surface area contributed by atoms with Crippen LogP contribution in [-0.2, 0) is 6.42 Å². The SMILES string of the molecule is CCc1cccc2c([C@@H](O)CC)c[nH]c12. The molecule has 1 atom stereocenters. The molecule has 80 valence electrons. The maximum absolute atomic E-state index is 9.86. The molecule has 0 bridgehead atoms. The predicted molar refractivity (Wildman–Crippen MR) is 62.9 cm³/mol. The van der Waals surface area contributed by atoms with Gasteiger partial charge in [0.25, 0.3) is 0 Å². The van der Waals surface area contributed by atoms with Gasteiger partial charge in [-0.25, -0.2) is 0 Å². The summed E-state index contributed by atoms with van der Waals surface area (Å²) >= 11 is 0. The quantitative estimate of drug-likeness (QED) is 0.789. The molecule has 0 saturated carbocycles. The molecule has 2 aromatic rings. The van der Waals surface area contributed by atoms with Gasteiger partial charge in [0.1, 0.15) is 0 Å². The summed E-state index contributed by atoms with van der Waals surface area (Å²) in [7, 11) is 0. The van der Waals surface area contributed by atoms with Gasteiger partial charge < -0.3 is 10.1 Å². The molecule has 0 aliphatic heterocycles. The fourth-order valence-corrected chi connectivity index (χ4v) is 2.03. The number of nitrogens with one attached hydrogen (secondary N) is 1. The van der Waals surface area contributed by atoms with Crippen molar-refractivity contribution in [3.05, 3.63) is 35.5 Å². The molecular formula is C13H17NO. The second kappa shape index (κ2) is 4.07. The van der Waals surface area contributed by atoms with Crippen LogP contribution in [0.5, 0.6) is 0 Å². The zero-order valence-corrected chi connectivity index (χ0v) is 9.25. The summed E-state index contributed by atoms with van der Waals surface area (Å²) in [5.74, 6) is 0. The van der Waals surface area contributed by atoms with Crippen molar-refractivity contribution >= 4 is 10.9 Å². The van der Waals surface area contributed by atoms with Gasteiger partial charge in [-0.3, -0.25) is 0 Å². The number of rotatable bonds is 3. The number of para-hydroxylation sites is 1. The van der Waals surface area contributed by atoms with E-state index >= 15 is 0 Å². The Morgan fingerprint density at radius 2 is 2.13 bits per heavy atom. The highest BCUT2D eigenvalue weighted by Gasteiger charge is 2.11. The fourth-order valence-electron chi connectivity index (χ4n) is 2.03. The minimum Gasteiger partial charge on any atom is -0.388 e. The van der Waals surface area contributed by atoms with Gasteiger partial charge in [-0.15, -0.1) is 0 Å². The molecule has 0 spiro atoms. The zero-order valence-electron chi connectivity index (χ0n) is 9.25. The summed E-state index contributed by atoms with van der Waals surface area (Å²) in [6.07, 6.45) is 3.34. The van der Waals surface area contributed by atoms with Crippen LogP contribution in [0, 0.1) is 0 Å². The van der Waals surface area contributed by atoms with Crippen molar-refractivity contribution in [2.45, 2.75) is 32.8 Å². The van der Waals surface area contributed by atoms with Gasteiger partial charge in [0, 0.05) is 22.7 Å². The number of aromatic nitrogens is 1. The summed E-state index contributed by atoms with van der Waals surface area (Å²) in [6.45, 7) is 4.14. The van der Waals surface area contributed by atoms with Gasteiger partial charge in [0.05, 0.1) is 6.10 Å². The van der Waals surface area contributed by atoms with E-state index in [1.807, 2.05) is 13.1 Å². The maximum atomic E-state index is 9.86. The molecule has 2 N–H and O–H groups in total. The Labute approximate surface area is 89.9 Å². The average molecular weight is 203 g/mol. The molecule has 0 radical (unpaired) electrons. The Kier molecular flexibility index (Phi) is 2.78. The first-order chi connectivity index (χ1) is 7.27. The molecular weight excluding hydrogens is 186 g/mol. The number of aliphatic hydroxyl groups is 1. The van der Waals surface area contributed by atoms with Crippen LogP contribution in [0.25, 0.3) is 10.9 Å². The molecule has 0 fully saturated rings. The minimum atomic E-state index is -0.356. The minimum absolute atomic E-state index is 0.356. The molecule has 2 nitrogen and oxygen atoms in total. The Morgan fingerprint density at radius 3 is 2.80 bits per heavy atom. The van der Waals surface area contributed by atoms with Crippen molar-refractivity contribution in [2.75, 3.05) is 0 Å². The van der Waals surface area contributed by atoms with E-state index in [1.165, 1.54) is 11.1 Å². The topological polar surface area (TPSA) is 36.0 Å². The van der Waals surface area contributed by atoms with Crippen molar-refractivity contribution in [2.24, 2.45) is 0 Å². The van der Waals surface area contributed by atoms with Crippen molar-refractivity contribution < 1.29 is 5.11 Å². The zero-order chi connectivity index (χ0) is 10.8. The number of hydrogen-bond acceptors (Lipinski definition) is 1. The van der Waals surface area contributed by atoms with Crippen molar-refractivity contribution in [1.82, 2.24) is 4.98 Å². The molecule has 15 heavy (non-hydrogen) atoms. The van der Waals surface area contributed by atoms with Crippen LogP contribution in [0.3, 0.4) is 0 Å². The van der Waals surface area contributed by atoms with Crippen LogP contribution in [0.2, 0.25) is 0 Å². The lowest BCUT2D eigenvalue weighted by atomic mass is 10.0. The third kappa shape index (κ3) is 1.65. The molecule has 1 heterocycles. The number of hydrogen-bond donors (Lipinski definition) is 2. The highest BCUT2D eigenvalue weighted by Crippen LogP contribution is 2.27. The summed E-state index contributed by atoms with van der Waals surface area (Å²) in [5.41, 5.74) is 3.49. The lowest BCUT2D eigenvalue weighted by Gasteiger charge is -2.06. The van der Waals surface area contributed by atoms with Crippen LogP contribution < -0.4 is 0 Å². The molecule has 0 aliphatic rings. The molecule has 0 unspecified atom stereocenters. The van der Waals surface area contributed by atoms with Crippen LogP contribution in [0.4, 0.5) is 0 Å². The number of H-pyrrole nitrogens is 1. The fraction of sp³-hybridized carbons (Fsp3) is 0.385. The molecule has 1 aromatic carbocycles. The summed E-state index contributed by atoms with van der Waals surface area (Å²) < 4.78 is 0. The van der Waals surface area contributed by atoms with Gasteiger partial charge in [0.2, 0.25) is 0 Å². The number of benzene rings is 1. The summed E-state index contributed by atoms with van der Waals surface area (Å²) in [4.78, 5) is 3.26. The third-order valence-corrected chi connectivity index (χ3v) is 2.96. The first-order valence-electron chi connectivity index (χ1n) is 5.54. The number of aryl methyl sites for hydroxylation is 1. The Hall–Kier alpha value is -1.28. The Bertz CT molecular complexity index is 459. The van der Waals surface area contributed by atoms with Crippen molar-refractivity contribution in [3.63, 3.8) is 0 Å². The van der Waals surface area contributed by atoms with Crippen molar-refractivity contribution in [3.8, 4) is 0 Å². The summed E-state index contributed by atoms with van der Waals surface area (Å²) in [6, 6.07) is 6.25. The van der Waals surface area contributed by atoms with E-state index in [4.69, 9.17) is 0 Å². The van der Waals surface area contributed by atoms with Gasteiger partial charge in [-0.2, -0.15) is 0 Å². The van der Waals surface area contributed by atoms with E-state index in [-0.39, 0.29) is 6.10 Å². The summed E-state index contributed by atoms with van der Waals surface area (Å²) in [5, 5.41) is 11.0. The van der Waals surface area contributed by atoms with Gasteiger partial charge >= 0.3 is 0 Å². The Morgan fingerprint density at radius 1 is 1.33 bits per heavy atom. The van der Waals surface area contributed by atoms with Gasteiger partial charge in [-0.05, 0) is 18.4 Å². The number of fused-ring (bicyclic) bond motifs is 1. The molecule has 0 amide bonds. The van der Waals surface area contributed by atoms with Crippen LogP contribution in [-0.4, -0.2) is 10.1 Å². The predicted octanol–water partition coefficient (Wildman–Crippen LogP) is 3.17. The van der Waals surface area contributed by atoms with E-state index in [2.05, 4.69) is 30.1 Å². The van der Waals surface area contributed by atoms with E-state index in [1.54, 1.807) is 0 Å².